The Hall–Kier alpha value is -2.54. The minimum Gasteiger partial charge on any atom is -0.484 e. The van der Waals surface area contributed by atoms with E-state index in [1.165, 1.54) is 12.1 Å². The van der Waals surface area contributed by atoms with E-state index in [1.54, 1.807) is 36.0 Å². The highest BCUT2D eigenvalue weighted by atomic mass is 32.2. The molecule has 0 radical (unpaired) electrons. The third-order valence-corrected chi connectivity index (χ3v) is 4.75. The summed E-state index contributed by atoms with van der Waals surface area (Å²) < 4.78 is 18.5. The molecule has 0 saturated heterocycles. The number of carbonyl (C=O) groups excluding carboxylic acids is 2. The van der Waals surface area contributed by atoms with Crippen LogP contribution in [0, 0.1) is 5.82 Å². The number of ether oxygens (including phenoxy) is 1. The zero-order valence-electron chi connectivity index (χ0n) is 16.0. The standard InChI is InChI=1S/C21H25FN2O3S/c1-15(16-8-10-17(22)11-9-16)23-21(26)19(12-13-28-2)24-20(25)14-27-18-6-4-3-5-7-18/h3-11,15,19H,12-14H2,1-2H3,(H,23,26)(H,24,25). The molecule has 28 heavy (non-hydrogen) atoms. The van der Waals surface area contributed by atoms with Gasteiger partial charge in [-0.3, -0.25) is 9.59 Å². The van der Waals surface area contributed by atoms with Crippen molar-refractivity contribution in [2.45, 2.75) is 25.4 Å². The molecule has 0 aliphatic carbocycles. The maximum atomic E-state index is 13.1. The lowest BCUT2D eigenvalue weighted by atomic mass is 10.1. The molecule has 0 saturated carbocycles. The molecule has 2 aromatic rings. The van der Waals surface area contributed by atoms with Crippen molar-refractivity contribution in [3.63, 3.8) is 0 Å². The van der Waals surface area contributed by atoms with Crippen LogP contribution in [0.1, 0.15) is 24.9 Å². The molecule has 0 aliphatic heterocycles. The van der Waals surface area contributed by atoms with Gasteiger partial charge in [-0.05, 0) is 55.2 Å². The van der Waals surface area contributed by atoms with Crippen molar-refractivity contribution < 1.29 is 18.7 Å². The second-order valence-corrected chi connectivity index (χ2v) is 7.27. The van der Waals surface area contributed by atoms with Crippen molar-refractivity contribution in [1.82, 2.24) is 10.6 Å². The average Bonchev–Trinajstić information content (AvgIpc) is 2.70. The van der Waals surface area contributed by atoms with Crippen LogP contribution < -0.4 is 15.4 Å². The smallest absolute Gasteiger partial charge is 0.258 e. The Morgan fingerprint density at radius 3 is 2.39 bits per heavy atom. The number of para-hydroxylation sites is 1. The molecule has 0 aliphatic rings. The first-order valence-electron chi connectivity index (χ1n) is 9.01. The molecule has 2 atom stereocenters. The van der Waals surface area contributed by atoms with Crippen LogP contribution in [0.5, 0.6) is 5.75 Å². The predicted molar refractivity (Wildman–Crippen MR) is 110 cm³/mol. The summed E-state index contributed by atoms with van der Waals surface area (Å²) >= 11 is 1.60. The van der Waals surface area contributed by atoms with E-state index < -0.39 is 6.04 Å². The number of carbonyl (C=O) groups is 2. The van der Waals surface area contributed by atoms with E-state index in [9.17, 15) is 14.0 Å². The molecule has 0 aromatic heterocycles. The lowest BCUT2D eigenvalue weighted by Crippen LogP contribution is -2.48. The molecular formula is C21H25FN2O3S. The van der Waals surface area contributed by atoms with Gasteiger partial charge in [0.25, 0.3) is 5.91 Å². The van der Waals surface area contributed by atoms with Crippen LogP contribution in [-0.2, 0) is 9.59 Å². The van der Waals surface area contributed by atoms with Crippen molar-refractivity contribution in [2.75, 3.05) is 18.6 Å². The van der Waals surface area contributed by atoms with Crippen LogP contribution in [0.2, 0.25) is 0 Å². The maximum absolute atomic E-state index is 13.1. The average molecular weight is 405 g/mol. The summed E-state index contributed by atoms with van der Waals surface area (Å²) in [5.74, 6) is 0.347. The van der Waals surface area contributed by atoms with Crippen LogP contribution in [0.25, 0.3) is 0 Å². The Kier molecular flexibility index (Phi) is 8.81. The van der Waals surface area contributed by atoms with Crippen LogP contribution in [0.3, 0.4) is 0 Å². The van der Waals surface area contributed by atoms with Crippen LogP contribution in [0.4, 0.5) is 4.39 Å². The molecule has 7 heteroatoms. The Bertz CT molecular complexity index is 756. The Balaban J connectivity index is 1.91. The fraction of sp³-hybridized carbons (Fsp3) is 0.333. The van der Waals surface area contributed by atoms with Gasteiger partial charge >= 0.3 is 0 Å². The number of rotatable bonds is 10. The molecule has 2 rings (SSSR count). The normalized spacial score (nSPS) is 12.7. The van der Waals surface area contributed by atoms with Gasteiger partial charge in [-0.15, -0.1) is 0 Å². The van der Waals surface area contributed by atoms with E-state index in [0.29, 0.717) is 12.2 Å². The fourth-order valence-corrected chi connectivity index (χ4v) is 3.03. The highest BCUT2D eigenvalue weighted by Gasteiger charge is 2.22. The number of halogens is 1. The Morgan fingerprint density at radius 2 is 1.75 bits per heavy atom. The van der Waals surface area contributed by atoms with Crippen molar-refractivity contribution >= 4 is 23.6 Å². The van der Waals surface area contributed by atoms with Gasteiger partial charge in [-0.2, -0.15) is 11.8 Å². The predicted octanol–water partition coefficient (Wildman–Crippen LogP) is 3.32. The van der Waals surface area contributed by atoms with Gasteiger partial charge in [0.2, 0.25) is 5.91 Å². The number of hydrogen-bond acceptors (Lipinski definition) is 4. The maximum Gasteiger partial charge on any atom is 0.258 e. The first kappa shape index (κ1) is 21.8. The second kappa shape index (κ2) is 11.3. The van der Waals surface area contributed by atoms with E-state index in [2.05, 4.69) is 10.6 Å². The monoisotopic (exact) mass is 404 g/mol. The van der Waals surface area contributed by atoms with Gasteiger partial charge in [0.15, 0.2) is 6.61 Å². The third-order valence-electron chi connectivity index (χ3n) is 4.10. The van der Waals surface area contributed by atoms with E-state index in [4.69, 9.17) is 4.74 Å². The van der Waals surface area contributed by atoms with E-state index in [1.807, 2.05) is 31.4 Å². The van der Waals surface area contributed by atoms with Crippen molar-refractivity contribution in [3.05, 3.63) is 66.0 Å². The number of thioether (sulfide) groups is 1. The summed E-state index contributed by atoms with van der Waals surface area (Å²) in [7, 11) is 0. The number of benzene rings is 2. The van der Waals surface area contributed by atoms with Gasteiger partial charge < -0.3 is 15.4 Å². The first-order chi connectivity index (χ1) is 13.5. The van der Waals surface area contributed by atoms with Crippen LogP contribution >= 0.6 is 11.8 Å². The molecular weight excluding hydrogens is 379 g/mol. The quantitative estimate of drug-likeness (QED) is 0.638. The van der Waals surface area contributed by atoms with Crippen molar-refractivity contribution in [3.8, 4) is 5.75 Å². The summed E-state index contributed by atoms with van der Waals surface area (Å²) in [6.07, 6.45) is 2.44. The lowest BCUT2D eigenvalue weighted by Gasteiger charge is -2.21. The minimum absolute atomic E-state index is 0.166. The Morgan fingerprint density at radius 1 is 1.07 bits per heavy atom. The van der Waals surface area contributed by atoms with Gasteiger partial charge in [0.05, 0.1) is 6.04 Å². The van der Waals surface area contributed by atoms with Crippen molar-refractivity contribution in [1.29, 1.82) is 0 Å². The molecule has 2 amide bonds. The van der Waals surface area contributed by atoms with Gasteiger partial charge in [0, 0.05) is 0 Å². The van der Waals surface area contributed by atoms with E-state index in [0.717, 1.165) is 11.3 Å². The molecule has 2 aromatic carbocycles. The summed E-state index contributed by atoms with van der Waals surface area (Å²) in [6.45, 7) is 1.65. The van der Waals surface area contributed by atoms with Gasteiger partial charge in [0.1, 0.15) is 17.6 Å². The number of hydrogen-bond donors (Lipinski definition) is 2. The van der Waals surface area contributed by atoms with E-state index in [-0.39, 0.29) is 30.3 Å². The molecule has 2 unspecified atom stereocenters. The van der Waals surface area contributed by atoms with E-state index >= 15 is 0 Å². The largest absolute Gasteiger partial charge is 0.484 e. The summed E-state index contributed by atoms with van der Waals surface area (Å²) in [5, 5.41) is 5.62. The molecule has 150 valence electrons. The van der Waals surface area contributed by atoms with Crippen LogP contribution in [-0.4, -0.2) is 36.5 Å². The zero-order chi connectivity index (χ0) is 20.4. The molecule has 0 bridgehead atoms. The summed E-state index contributed by atoms with van der Waals surface area (Å²) in [4.78, 5) is 24.9. The topological polar surface area (TPSA) is 67.4 Å². The SMILES string of the molecule is CSCCC(NC(=O)COc1ccccc1)C(=O)NC(C)c1ccc(F)cc1. The zero-order valence-corrected chi connectivity index (χ0v) is 16.8. The third kappa shape index (κ3) is 7.23. The minimum atomic E-state index is -0.665. The summed E-state index contributed by atoms with van der Waals surface area (Å²) in [5.41, 5.74) is 0.789. The molecule has 5 nitrogen and oxygen atoms in total. The lowest BCUT2D eigenvalue weighted by molar-refractivity contribution is -0.130. The molecule has 2 N–H and O–H groups in total. The summed E-state index contributed by atoms with van der Waals surface area (Å²) in [6, 6.07) is 14.0. The molecule has 0 fully saturated rings. The molecule has 0 spiro atoms. The highest BCUT2D eigenvalue weighted by molar-refractivity contribution is 7.98. The number of nitrogens with one attached hydrogen (secondary N) is 2. The molecule has 0 heterocycles. The first-order valence-corrected chi connectivity index (χ1v) is 10.4. The second-order valence-electron chi connectivity index (χ2n) is 6.29. The highest BCUT2D eigenvalue weighted by Crippen LogP contribution is 2.14. The van der Waals surface area contributed by atoms with Gasteiger partial charge in [-0.1, -0.05) is 30.3 Å². The van der Waals surface area contributed by atoms with Crippen molar-refractivity contribution in [2.24, 2.45) is 0 Å². The van der Waals surface area contributed by atoms with Gasteiger partial charge in [-0.25, -0.2) is 4.39 Å². The number of amides is 2. The Labute approximate surface area is 169 Å². The fourth-order valence-electron chi connectivity index (χ4n) is 2.55. The van der Waals surface area contributed by atoms with Crippen LogP contribution in [0.15, 0.2) is 54.6 Å².